The molecule has 1 aliphatic carbocycles. The molecule has 1 rings (SSSR count). The number of nitrogens with zero attached hydrogens (tertiary/aromatic N) is 1. The molecule has 0 amide bonds. The van der Waals surface area contributed by atoms with E-state index in [2.05, 4.69) is 0 Å². The Morgan fingerprint density at radius 2 is 2.20 bits per heavy atom. The number of hydrogen-bond donors (Lipinski definition) is 0. The summed E-state index contributed by atoms with van der Waals surface area (Å²) in [4.78, 5) is 10.1. The predicted octanol–water partition coefficient (Wildman–Crippen LogP) is 1.10. The molecule has 0 aromatic carbocycles. The lowest BCUT2D eigenvalue weighted by Crippen LogP contribution is -1.99. The molecule has 0 aliphatic heterocycles. The molecule has 0 aromatic rings. The van der Waals surface area contributed by atoms with Crippen LogP contribution in [0, 0.1) is 10.1 Å². The molecule has 5 nitrogen and oxygen atoms in total. The highest BCUT2D eigenvalue weighted by atomic mass is 32.2. The number of allylic oxidation sites excluding steroid dienone is 6. The summed E-state index contributed by atoms with van der Waals surface area (Å²) in [6, 6.07) is 0. The fraction of sp³-hybridized carbons (Fsp3) is 0.222. The SMILES string of the molecule is CC(=CC1=CCC(=S(=O)=O)C=C1)[N+](=O)[O-]. The summed E-state index contributed by atoms with van der Waals surface area (Å²) >= 11 is 0. The molecule has 15 heavy (non-hydrogen) atoms. The fourth-order valence-corrected chi connectivity index (χ4v) is 1.47. The molecule has 0 saturated heterocycles. The van der Waals surface area contributed by atoms with E-state index in [1.165, 1.54) is 19.1 Å². The summed E-state index contributed by atoms with van der Waals surface area (Å²) in [7, 11) is -2.21. The molecular weight excluding hydrogens is 218 g/mol. The maximum Gasteiger partial charge on any atom is 0.243 e. The van der Waals surface area contributed by atoms with E-state index in [0.717, 1.165) is 0 Å². The molecule has 0 N–H and O–H groups in total. The van der Waals surface area contributed by atoms with Crippen molar-refractivity contribution in [3.8, 4) is 0 Å². The van der Waals surface area contributed by atoms with Gasteiger partial charge in [-0.1, -0.05) is 12.2 Å². The van der Waals surface area contributed by atoms with Crippen LogP contribution in [0.1, 0.15) is 13.3 Å². The lowest BCUT2D eigenvalue weighted by molar-refractivity contribution is -0.424. The van der Waals surface area contributed by atoms with E-state index in [-0.39, 0.29) is 17.0 Å². The van der Waals surface area contributed by atoms with Crippen LogP contribution >= 0.6 is 0 Å². The van der Waals surface area contributed by atoms with Crippen molar-refractivity contribution in [1.29, 1.82) is 0 Å². The number of hydrogen-bond acceptors (Lipinski definition) is 4. The van der Waals surface area contributed by atoms with E-state index in [9.17, 15) is 18.5 Å². The van der Waals surface area contributed by atoms with E-state index in [1.54, 1.807) is 12.2 Å². The molecule has 0 saturated carbocycles. The molecule has 0 bridgehead atoms. The summed E-state index contributed by atoms with van der Waals surface area (Å²) in [6.07, 6.45) is 6.31. The Balaban J connectivity index is 2.90. The molecule has 0 fully saturated rings. The quantitative estimate of drug-likeness (QED) is 0.402. The molecule has 6 heteroatoms. The van der Waals surface area contributed by atoms with Crippen molar-refractivity contribution in [2.45, 2.75) is 13.3 Å². The van der Waals surface area contributed by atoms with Crippen LogP contribution in [0.4, 0.5) is 0 Å². The molecule has 0 heterocycles. The summed E-state index contributed by atoms with van der Waals surface area (Å²) in [6.45, 7) is 1.39. The molecular formula is C9H9NO4S. The van der Waals surface area contributed by atoms with Gasteiger partial charge in [0.25, 0.3) is 0 Å². The van der Waals surface area contributed by atoms with Crippen molar-refractivity contribution >= 4 is 15.2 Å². The fourth-order valence-electron chi connectivity index (χ4n) is 1.07. The Bertz CT molecular complexity index is 500. The highest BCUT2D eigenvalue weighted by molar-refractivity contribution is 7.73. The molecule has 80 valence electrons. The lowest BCUT2D eigenvalue weighted by atomic mass is 10.1. The van der Waals surface area contributed by atoms with Crippen LogP contribution in [-0.4, -0.2) is 18.2 Å². The van der Waals surface area contributed by atoms with Crippen molar-refractivity contribution in [3.05, 3.63) is 45.7 Å². The van der Waals surface area contributed by atoms with E-state index in [0.29, 0.717) is 5.57 Å². The molecule has 0 atom stereocenters. The smallest absolute Gasteiger partial charge is 0.243 e. The first-order chi connectivity index (χ1) is 7.00. The van der Waals surface area contributed by atoms with E-state index in [4.69, 9.17) is 0 Å². The standard InChI is InChI=1S/C9H9NO4S/c1-7(10(11)12)6-8-2-4-9(5-3-8)15(13)14/h2-4,6H,5H2,1H3. The van der Waals surface area contributed by atoms with Gasteiger partial charge in [0.1, 0.15) is 0 Å². The van der Waals surface area contributed by atoms with Gasteiger partial charge in [0.15, 0.2) is 0 Å². The minimum Gasteiger partial charge on any atom is -0.259 e. The zero-order chi connectivity index (χ0) is 11.4. The van der Waals surface area contributed by atoms with Crippen molar-refractivity contribution < 1.29 is 13.3 Å². The van der Waals surface area contributed by atoms with Gasteiger partial charge < -0.3 is 0 Å². The van der Waals surface area contributed by atoms with Gasteiger partial charge >= 0.3 is 0 Å². The zero-order valence-corrected chi connectivity index (χ0v) is 8.82. The van der Waals surface area contributed by atoms with Crippen LogP contribution in [-0.2, 0) is 10.3 Å². The van der Waals surface area contributed by atoms with Crippen LogP contribution in [0.2, 0.25) is 0 Å². The van der Waals surface area contributed by atoms with Crippen LogP contribution in [0.15, 0.2) is 35.6 Å². The third kappa shape index (κ3) is 3.17. The summed E-state index contributed by atoms with van der Waals surface area (Å²) in [5.74, 6) is 0. The van der Waals surface area contributed by atoms with Gasteiger partial charge in [-0.2, -0.15) is 8.42 Å². The van der Waals surface area contributed by atoms with Crippen molar-refractivity contribution in [2.24, 2.45) is 0 Å². The van der Waals surface area contributed by atoms with Crippen molar-refractivity contribution in [3.63, 3.8) is 0 Å². The van der Waals surface area contributed by atoms with Gasteiger partial charge in [0.05, 0.1) is 9.79 Å². The normalized spacial score (nSPS) is 16.2. The van der Waals surface area contributed by atoms with Crippen molar-refractivity contribution in [2.75, 3.05) is 0 Å². The van der Waals surface area contributed by atoms with Gasteiger partial charge in [0, 0.05) is 19.4 Å². The Labute approximate surface area is 88.1 Å². The molecule has 0 radical (unpaired) electrons. The largest absolute Gasteiger partial charge is 0.259 e. The van der Waals surface area contributed by atoms with E-state index >= 15 is 0 Å². The van der Waals surface area contributed by atoms with Gasteiger partial charge in [-0.15, -0.1) is 0 Å². The van der Waals surface area contributed by atoms with Gasteiger partial charge in [-0.3, -0.25) is 10.1 Å². The second kappa shape index (κ2) is 4.70. The first-order valence-electron chi connectivity index (χ1n) is 4.16. The Hall–Kier alpha value is -1.69. The van der Waals surface area contributed by atoms with Gasteiger partial charge in [-0.25, -0.2) is 0 Å². The number of rotatable bonds is 2. The second-order valence-electron chi connectivity index (χ2n) is 2.99. The average molecular weight is 227 g/mol. The molecule has 0 unspecified atom stereocenters. The summed E-state index contributed by atoms with van der Waals surface area (Å²) < 4.78 is 21.1. The van der Waals surface area contributed by atoms with E-state index in [1.807, 2.05) is 0 Å². The second-order valence-corrected chi connectivity index (χ2v) is 3.98. The topological polar surface area (TPSA) is 77.3 Å². The van der Waals surface area contributed by atoms with Crippen LogP contribution in [0.5, 0.6) is 0 Å². The van der Waals surface area contributed by atoms with E-state index < -0.39 is 15.2 Å². The maximum atomic E-state index is 10.6. The third-order valence-corrected chi connectivity index (χ3v) is 2.61. The summed E-state index contributed by atoms with van der Waals surface area (Å²) in [5.41, 5.74) is 0.677. The minimum absolute atomic E-state index is 0.0256. The Morgan fingerprint density at radius 1 is 1.53 bits per heavy atom. The third-order valence-electron chi connectivity index (χ3n) is 1.88. The van der Waals surface area contributed by atoms with Gasteiger partial charge in [-0.05, 0) is 11.6 Å². The van der Waals surface area contributed by atoms with Crippen LogP contribution in [0.3, 0.4) is 0 Å². The maximum absolute atomic E-state index is 10.6. The monoisotopic (exact) mass is 227 g/mol. The van der Waals surface area contributed by atoms with Crippen molar-refractivity contribution in [1.82, 2.24) is 0 Å². The molecule has 0 spiro atoms. The van der Waals surface area contributed by atoms with Gasteiger partial charge in [0.2, 0.25) is 16.0 Å². The Kier molecular flexibility index (Phi) is 3.56. The first-order valence-corrected chi connectivity index (χ1v) is 5.24. The number of nitro groups is 1. The predicted molar refractivity (Wildman–Crippen MR) is 56.5 cm³/mol. The summed E-state index contributed by atoms with van der Waals surface area (Å²) in [5, 5.41) is 10.3. The lowest BCUT2D eigenvalue weighted by Gasteiger charge is -2.01. The molecule has 0 aromatic heterocycles. The zero-order valence-electron chi connectivity index (χ0n) is 8.00. The van der Waals surface area contributed by atoms with Crippen LogP contribution < -0.4 is 0 Å². The average Bonchev–Trinajstić information content (AvgIpc) is 2.18. The molecule has 1 aliphatic rings. The Morgan fingerprint density at radius 3 is 2.60 bits per heavy atom. The van der Waals surface area contributed by atoms with Crippen LogP contribution in [0.25, 0.3) is 0 Å². The highest BCUT2D eigenvalue weighted by Gasteiger charge is 2.06. The minimum atomic E-state index is -2.21. The first kappa shape index (κ1) is 11.4. The highest BCUT2D eigenvalue weighted by Crippen LogP contribution is 2.11.